The molecule has 2 aromatic rings. The van der Waals surface area contributed by atoms with E-state index in [9.17, 15) is 13.2 Å². The standard InChI is InChI=1S/C21H25ClN2O4S/c1-14-10-15(2)13-24(12-14)21(25)16-8-9-17(22)20(11-16)29(26,27)23-18-6-4-5-7-19(18)28-3/h4-9,11,14-15,23H,10,12-13H2,1-3H3/t14-,15+. The minimum atomic E-state index is -4.02. The molecule has 1 amide bonds. The third kappa shape index (κ3) is 4.85. The number of halogens is 1. The van der Waals surface area contributed by atoms with E-state index < -0.39 is 10.0 Å². The highest BCUT2D eigenvalue weighted by Gasteiger charge is 2.28. The van der Waals surface area contributed by atoms with Crippen LogP contribution in [-0.2, 0) is 10.0 Å². The van der Waals surface area contributed by atoms with Crippen molar-refractivity contribution >= 4 is 33.2 Å². The van der Waals surface area contributed by atoms with Gasteiger partial charge in [0.25, 0.3) is 15.9 Å². The molecule has 0 saturated carbocycles. The highest BCUT2D eigenvalue weighted by atomic mass is 35.5. The van der Waals surface area contributed by atoms with Crippen LogP contribution < -0.4 is 9.46 Å². The van der Waals surface area contributed by atoms with Crippen LogP contribution >= 0.6 is 11.6 Å². The van der Waals surface area contributed by atoms with Gasteiger partial charge in [0.1, 0.15) is 10.6 Å². The number of carbonyl (C=O) groups is 1. The molecule has 0 aliphatic carbocycles. The average Bonchev–Trinajstić information content (AvgIpc) is 2.67. The first-order valence-electron chi connectivity index (χ1n) is 9.46. The molecule has 1 fully saturated rings. The number of likely N-dealkylation sites (tertiary alicyclic amines) is 1. The van der Waals surface area contributed by atoms with Crippen LogP contribution in [0.25, 0.3) is 0 Å². The van der Waals surface area contributed by atoms with Gasteiger partial charge in [-0.15, -0.1) is 0 Å². The summed E-state index contributed by atoms with van der Waals surface area (Å²) < 4.78 is 33.6. The normalized spacial score (nSPS) is 19.7. The Bertz CT molecular complexity index is 999. The summed E-state index contributed by atoms with van der Waals surface area (Å²) in [4.78, 5) is 14.6. The summed E-state index contributed by atoms with van der Waals surface area (Å²) in [5.74, 6) is 1.01. The van der Waals surface area contributed by atoms with E-state index in [0.717, 1.165) is 6.42 Å². The first-order chi connectivity index (χ1) is 13.7. The molecule has 0 radical (unpaired) electrons. The Hall–Kier alpha value is -2.25. The third-order valence-corrected chi connectivity index (χ3v) is 6.82. The van der Waals surface area contributed by atoms with Crippen molar-refractivity contribution in [1.82, 2.24) is 4.90 Å². The largest absolute Gasteiger partial charge is 0.495 e. The monoisotopic (exact) mass is 436 g/mol. The zero-order valence-electron chi connectivity index (χ0n) is 16.7. The molecular weight excluding hydrogens is 412 g/mol. The molecule has 1 N–H and O–H groups in total. The van der Waals surface area contributed by atoms with Gasteiger partial charge in [-0.05, 0) is 48.6 Å². The second-order valence-electron chi connectivity index (χ2n) is 7.61. The molecular formula is C21H25ClN2O4S. The number of rotatable bonds is 5. The predicted molar refractivity (Wildman–Crippen MR) is 114 cm³/mol. The highest BCUT2D eigenvalue weighted by molar-refractivity contribution is 7.92. The van der Waals surface area contributed by atoms with Crippen molar-refractivity contribution in [2.75, 3.05) is 24.9 Å². The highest BCUT2D eigenvalue weighted by Crippen LogP contribution is 2.30. The molecule has 1 aliphatic heterocycles. The second-order valence-corrected chi connectivity index (χ2v) is 9.67. The molecule has 0 spiro atoms. The molecule has 2 aromatic carbocycles. The van der Waals surface area contributed by atoms with E-state index in [1.165, 1.54) is 19.2 Å². The topological polar surface area (TPSA) is 75.7 Å². The van der Waals surface area contributed by atoms with Gasteiger partial charge in [-0.3, -0.25) is 9.52 Å². The summed E-state index contributed by atoms with van der Waals surface area (Å²) in [7, 11) is -2.56. The molecule has 3 rings (SSSR count). The molecule has 1 heterocycles. The van der Waals surface area contributed by atoms with Gasteiger partial charge in [0.15, 0.2) is 0 Å². The van der Waals surface area contributed by atoms with E-state index >= 15 is 0 Å². The van der Waals surface area contributed by atoms with Gasteiger partial charge in [-0.2, -0.15) is 0 Å². The van der Waals surface area contributed by atoms with Gasteiger partial charge in [-0.25, -0.2) is 8.42 Å². The number of para-hydroxylation sites is 2. The maximum absolute atomic E-state index is 13.0. The van der Waals surface area contributed by atoms with Crippen LogP contribution in [0.3, 0.4) is 0 Å². The predicted octanol–water partition coefficient (Wildman–Crippen LogP) is 4.27. The van der Waals surface area contributed by atoms with Crippen LogP contribution in [0, 0.1) is 11.8 Å². The number of benzene rings is 2. The minimum absolute atomic E-state index is 0.0457. The van der Waals surface area contributed by atoms with Crippen molar-refractivity contribution in [1.29, 1.82) is 0 Å². The summed E-state index contributed by atoms with van der Waals surface area (Å²) in [6.45, 7) is 5.55. The van der Waals surface area contributed by atoms with E-state index in [2.05, 4.69) is 18.6 Å². The SMILES string of the molecule is COc1ccccc1NS(=O)(=O)c1cc(C(=O)N2C[C@H](C)C[C@H](C)C2)ccc1Cl. The maximum atomic E-state index is 13.0. The zero-order valence-corrected chi connectivity index (χ0v) is 18.3. The third-order valence-electron chi connectivity index (χ3n) is 4.98. The Morgan fingerprint density at radius 3 is 2.45 bits per heavy atom. The number of carbonyl (C=O) groups excluding carboxylic acids is 1. The lowest BCUT2D eigenvalue weighted by Gasteiger charge is -2.35. The van der Waals surface area contributed by atoms with E-state index in [-0.39, 0.29) is 15.8 Å². The Morgan fingerprint density at radius 2 is 1.79 bits per heavy atom. The van der Waals surface area contributed by atoms with E-state index in [4.69, 9.17) is 16.3 Å². The number of sulfonamides is 1. The lowest BCUT2D eigenvalue weighted by atomic mass is 9.91. The molecule has 29 heavy (non-hydrogen) atoms. The van der Waals surface area contributed by atoms with Gasteiger partial charge < -0.3 is 9.64 Å². The molecule has 6 nitrogen and oxygen atoms in total. The van der Waals surface area contributed by atoms with E-state index in [0.29, 0.717) is 41.9 Å². The summed E-state index contributed by atoms with van der Waals surface area (Å²) >= 11 is 6.18. The first-order valence-corrected chi connectivity index (χ1v) is 11.3. The van der Waals surface area contributed by atoms with Crippen molar-refractivity contribution in [3.05, 3.63) is 53.1 Å². The fraction of sp³-hybridized carbons (Fsp3) is 0.381. The lowest BCUT2D eigenvalue weighted by molar-refractivity contribution is 0.0623. The molecule has 1 saturated heterocycles. The lowest BCUT2D eigenvalue weighted by Crippen LogP contribution is -2.42. The number of hydrogen-bond donors (Lipinski definition) is 1. The molecule has 2 atom stereocenters. The van der Waals surface area contributed by atoms with E-state index in [1.807, 2.05) is 0 Å². The summed E-state index contributed by atoms with van der Waals surface area (Å²) in [5.41, 5.74) is 0.595. The minimum Gasteiger partial charge on any atom is -0.495 e. The molecule has 8 heteroatoms. The number of nitrogens with one attached hydrogen (secondary N) is 1. The molecule has 156 valence electrons. The fourth-order valence-electron chi connectivity index (χ4n) is 3.78. The number of anilines is 1. The van der Waals surface area contributed by atoms with Crippen molar-refractivity contribution in [2.24, 2.45) is 11.8 Å². The first kappa shape index (κ1) is 21.5. The van der Waals surface area contributed by atoms with Crippen molar-refractivity contribution in [3.63, 3.8) is 0 Å². The van der Waals surface area contributed by atoms with Gasteiger partial charge in [0, 0.05) is 18.7 Å². The number of amides is 1. The van der Waals surface area contributed by atoms with Crippen LogP contribution in [0.15, 0.2) is 47.4 Å². The summed E-state index contributed by atoms with van der Waals surface area (Å²) in [6, 6.07) is 11.0. The smallest absolute Gasteiger partial charge is 0.263 e. The van der Waals surface area contributed by atoms with Gasteiger partial charge in [0.2, 0.25) is 0 Å². The van der Waals surface area contributed by atoms with Crippen molar-refractivity contribution < 1.29 is 17.9 Å². The quantitative estimate of drug-likeness (QED) is 0.759. The Kier molecular flexibility index (Phi) is 6.39. The van der Waals surface area contributed by atoms with Crippen LogP contribution in [-0.4, -0.2) is 39.4 Å². The van der Waals surface area contributed by atoms with Gasteiger partial charge in [-0.1, -0.05) is 37.6 Å². The fourth-order valence-corrected chi connectivity index (χ4v) is 5.38. The number of ether oxygens (including phenoxy) is 1. The number of piperidine rings is 1. The van der Waals surface area contributed by atoms with Crippen LogP contribution in [0.1, 0.15) is 30.6 Å². The summed E-state index contributed by atoms with van der Waals surface area (Å²) in [5, 5.41) is 0.0457. The maximum Gasteiger partial charge on any atom is 0.263 e. The van der Waals surface area contributed by atoms with Crippen molar-refractivity contribution in [3.8, 4) is 5.75 Å². The number of nitrogens with zero attached hydrogens (tertiary/aromatic N) is 1. The van der Waals surface area contributed by atoms with Crippen LogP contribution in [0.5, 0.6) is 5.75 Å². The Labute approximate surface area is 176 Å². The van der Waals surface area contributed by atoms with Gasteiger partial charge >= 0.3 is 0 Å². The second kappa shape index (κ2) is 8.63. The summed E-state index contributed by atoms with van der Waals surface area (Å²) in [6.07, 6.45) is 1.08. The molecule has 0 aromatic heterocycles. The molecule has 0 bridgehead atoms. The average molecular weight is 437 g/mol. The molecule has 0 unspecified atom stereocenters. The zero-order chi connectivity index (χ0) is 21.2. The van der Waals surface area contributed by atoms with Crippen LogP contribution in [0.4, 0.5) is 5.69 Å². The Morgan fingerprint density at radius 1 is 1.14 bits per heavy atom. The van der Waals surface area contributed by atoms with E-state index in [1.54, 1.807) is 35.2 Å². The molecule has 1 aliphatic rings. The van der Waals surface area contributed by atoms with Crippen LogP contribution in [0.2, 0.25) is 5.02 Å². The van der Waals surface area contributed by atoms with Crippen molar-refractivity contribution in [2.45, 2.75) is 25.2 Å². The number of methoxy groups -OCH3 is 1. The number of hydrogen-bond acceptors (Lipinski definition) is 4. The van der Waals surface area contributed by atoms with Gasteiger partial charge in [0.05, 0.1) is 17.8 Å². The Balaban J connectivity index is 1.91.